The third kappa shape index (κ3) is 3.57. The zero-order valence-corrected chi connectivity index (χ0v) is 18.1. The number of amides is 2. The van der Waals surface area contributed by atoms with Crippen molar-refractivity contribution in [3.63, 3.8) is 0 Å². The van der Waals surface area contributed by atoms with E-state index in [-0.39, 0.29) is 16.7 Å². The Bertz CT molecular complexity index is 1260. The van der Waals surface area contributed by atoms with Crippen LogP contribution in [0.25, 0.3) is 11.8 Å². The normalized spacial score (nSPS) is 15.2. The lowest BCUT2D eigenvalue weighted by Gasteiger charge is -2.14. The maximum Gasteiger partial charge on any atom is 0.336 e. The van der Waals surface area contributed by atoms with Gasteiger partial charge in [0.15, 0.2) is 0 Å². The van der Waals surface area contributed by atoms with Crippen molar-refractivity contribution in [2.75, 3.05) is 4.90 Å². The minimum absolute atomic E-state index is 0.246. The van der Waals surface area contributed by atoms with Crippen molar-refractivity contribution >= 4 is 40.6 Å². The molecule has 1 aliphatic rings. The summed E-state index contributed by atoms with van der Waals surface area (Å²) in [6.45, 7) is 5.61. The molecule has 1 saturated heterocycles. The van der Waals surface area contributed by atoms with Gasteiger partial charge in [-0.25, -0.2) is 9.69 Å². The van der Waals surface area contributed by atoms with Gasteiger partial charge in [-0.1, -0.05) is 24.3 Å². The molecule has 4 rings (SSSR count). The summed E-state index contributed by atoms with van der Waals surface area (Å²) in [5, 5.41) is 9.12. The molecule has 0 radical (unpaired) electrons. The number of benzene rings is 2. The average molecular weight is 433 g/mol. The first kappa shape index (κ1) is 20.7. The molecule has 1 aliphatic heterocycles. The van der Waals surface area contributed by atoms with Gasteiger partial charge in [0.1, 0.15) is 0 Å². The van der Waals surface area contributed by atoms with Crippen molar-refractivity contribution in [3.8, 4) is 5.69 Å². The molecular formula is C24H20N2O4S. The summed E-state index contributed by atoms with van der Waals surface area (Å²) in [4.78, 5) is 38.4. The third-order valence-corrected chi connectivity index (χ3v) is 6.21. The van der Waals surface area contributed by atoms with Crippen LogP contribution in [0.3, 0.4) is 0 Å². The molecule has 0 saturated carbocycles. The van der Waals surface area contributed by atoms with E-state index in [0.29, 0.717) is 16.2 Å². The standard InChI is InChI=1S/C24H20N2O4S/c1-14-12-17(16(3)25(14)20-11-7-10-19(15(20)2)23(28)29)13-21-22(27)26(24(30)31-21)18-8-5-4-6-9-18/h4-13H,1-3H3,(H,28,29). The van der Waals surface area contributed by atoms with Crippen LogP contribution in [-0.2, 0) is 4.79 Å². The number of aromatic nitrogens is 1. The Kier molecular flexibility index (Phi) is 5.29. The van der Waals surface area contributed by atoms with Gasteiger partial charge in [-0.15, -0.1) is 0 Å². The molecule has 6 nitrogen and oxygen atoms in total. The van der Waals surface area contributed by atoms with Gasteiger partial charge in [-0.2, -0.15) is 0 Å². The summed E-state index contributed by atoms with van der Waals surface area (Å²) in [6, 6.07) is 15.9. The van der Waals surface area contributed by atoms with Gasteiger partial charge >= 0.3 is 5.97 Å². The molecular weight excluding hydrogens is 412 g/mol. The zero-order chi connectivity index (χ0) is 22.3. The van der Waals surface area contributed by atoms with Crippen molar-refractivity contribution in [2.45, 2.75) is 20.8 Å². The predicted octanol–water partition coefficient (Wildman–Crippen LogP) is 5.34. The molecule has 7 heteroatoms. The molecule has 2 heterocycles. The van der Waals surface area contributed by atoms with Crippen molar-refractivity contribution in [2.24, 2.45) is 0 Å². The summed E-state index contributed by atoms with van der Waals surface area (Å²) in [7, 11) is 0. The van der Waals surface area contributed by atoms with E-state index in [0.717, 1.165) is 34.4 Å². The summed E-state index contributed by atoms with van der Waals surface area (Å²) >= 11 is 0.912. The quantitative estimate of drug-likeness (QED) is 0.563. The maximum atomic E-state index is 12.9. The molecule has 3 aromatic rings. The number of thioether (sulfide) groups is 1. The van der Waals surface area contributed by atoms with Crippen LogP contribution in [0.4, 0.5) is 10.5 Å². The van der Waals surface area contributed by atoms with Crippen LogP contribution in [0.2, 0.25) is 0 Å². The number of carboxylic acids is 1. The number of carboxylic acid groups (broad SMARTS) is 1. The Balaban J connectivity index is 1.75. The van der Waals surface area contributed by atoms with E-state index in [4.69, 9.17) is 0 Å². The molecule has 2 amide bonds. The van der Waals surface area contributed by atoms with E-state index in [2.05, 4.69) is 0 Å². The average Bonchev–Trinajstić information content (AvgIpc) is 3.17. The van der Waals surface area contributed by atoms with E-state index in [1.54, 1.807) is 49.4 Å². The molecule has 0 aliphatic carbocycles. The topological polar surface area (TPSA) is 79.6 Å². The predicted molar refractivity (Wildman–Crippen MR) is 122 cm³/mol. The minimum Gasteiger partial charge on any atom is -0.478 e. The van der Waals surface area contributed by atoms with Crippen molar-refractivity contribution < 1.29 is 19.5 Å². The molecule has 1 N–H and O–H groups in total. The van der Waals surface area contributed by atoms with Crippen LogP contribution in [-0.4, -0.2) is 26.8 Å². The lowest BCUT2D eigenvalue weighted by atomic mass is 10.1. The highest BCUT2D eigenvalue weighted by Gasteiger charge is 2.36. The summed E-state index contributed by atoms with van der Waals surface area (Å²) in [5.74, 6) is -1.33. The lowest BCUT2D eigenvalue weighted by molar-refractivity contribution is -0.113. The second-order valence-electron chi connectivity index (χ2n) is 7.27. The number of anilines is 1. The van der Waals surface area contributed by atoms with Gasteiger partial charge in [0, 0.05) is 17.1 Å². The summed E-state index contributed by atoms with van der Waals surface area (Å²) in [5.41, 5.74) is 4.78. The number of para-hydroxylation sites is 1. The lowest BCUT2D eigenvalue weighted by Crippen LogP contribution is -2.27. The highest BCUT2D eigenvalue weighted by molar-refractivity contribution is 8.19. The second-order valence-corrected chi connectivity index (χ2v) is 8.26. The molecule has 0 unspecified atom stereocenters. The van der Waals surface area contributed by atoms with E-state index < -0.39 is 5.97 Å². The fourth-order valence-electron chi connectivity index (χ4n) is 3.81. The SMILES string of the molecule is Cc1c(C(=O)O)cccc1-n1c(C)cc(C=C2SC(=O)N(c3ccccc3)C2=O)c1C. The highest BCUT2D eigenvalue weighted by Crippen LogP contribution is 2.36. The largest absolute Gasteiger partial charge is 0.478 e. The number of rotatable bonds is 4. The first-order valence-electron chi connectivity index (χ1n) is 9.65. The van der Waals surface area contributed by atoms with Gasteiger partial charge in [0.05, 0.1) is 16.2 Å². The highest BCUT2D eigenvalue weighted by atomic mass is 32.2. The van der Waals surface area contributed by atoms with E-state index in [9.17, 15) is 19.5 Å². The number of carbonyl (C=O) groups is 3. The molecule has 1 aromatic heterocycles. The molecule has 2 aromatic carbocycles. The third-order valence-electron chi connectivity index (χ3n) is 5.34. The van der Waals surface area contributed by atoms with Crippen molar-refractivity contribution in [3.05, 3.63) is 87.6 Å². The summed E-state index contributed by atoms with van der Waals surface area (Å²) in [6.07, 6.45) is 1.73. The van der Waals surface area contributed by atoms with E-state index in [1.165, 1.54) is 4.90 Å². The van der Waals surface area contributed by atoms with Gasteiger partial charge in [-0.05, 0) is 80.1 Å². The number of aryl methyl sites for hydroxylation is 1. The van der Waals surface area contributed by atoms with Crippen LogP contribution < -0.4 is 4.90 Å². The number of imide groups is 1. The van der Waals surface area contributed by atoms with Crippen LogP contribution >= 0.6 is 11.8 Å². The Morgan fingerprint density at radius 2 is 1.71 bits per heavy atom. The van der Waals surface area contributed by atoms with Crippen LogP contribution in [0.5, 0.6) is 0 Å². The Morgan fingerprint density at radius 3 is 2.39 bits per heavy atom. The first-order chi connectivity index (χ1) is 14.8. The number of carbonyl (C=O) groups excluding carboxylic acids is 2. The molecule has 31 heavy (non-hydrogen) atoms. The van der Waals surface area contributed by atoms with Crippen molar-refractivity contribution in [1.29, 1.82) is 0 Å². The minimum atomic E-state index is -0.975. The van der Waals surface area contributed by atoms with Gasteiger partial charge in [-0.3, -0.25) is 9.59 Å². The van der Waals surface area contributed by atoms with E-state index >= 15 is 0 Å². The van der Waals surface area contributed by atoms with Gasteiger partial charge in [0.25, 0.3) is 11.1 Å². The second kappa shape index (κ2) is 7.92. The fourth-order valence-corrected chi connectivity index (χ4v) is 4.64. The molecule has 0 spiro atoms. The number of hydrogen-bond acceptors (Lipinski definition) is 4. The van der Waals surface area contributed by atoms with Gasteiger partial charge in [0.2, 0.25) is 0 Å². The number of hydrogen-bond donors (Lipinski definition) is 1. The van der Waals surface area contributed by atoms with Crippen LogP contribution in [0, 0.1) is 20.8 Å². The van der Waals surface area contributed by atoms with Crippen LogP contribution in [0.15, 0.2) is 59.5 Å². The van der Waals surface area contributed by atoms with Crippen molar-refractivity contribution in [1.82, 2.24) is 4.57 Å². The smallest absolute Gasteiger partial charge is 0.336 e. The Morgan fingerprint density at radius 1 is 1.00 bits per heavy atom. The first-order valence-corrected chi connectivity index (χ1v) is 10.5. The van der Waals surface area contributed by atoms with Gasteiger partial charge < -0.3 is 9.67 Å². The zero-order valence-electron chi connectivity index (χ0n) is 17.2. The molecule has 0 bridgehead atoms. The van der Waals surface area contributed by atoms with E-state index in [1.807, 2.05) is 36.6 Å². The molecule has 156 valence electrons. The molecule has 1 fully saturated rings. The maximum absolute atomic E-state index is 12.9. The number of nitrogens with zero attached hydrogens (tertiary/aromatic N) is 2. The Labute approximate surface area is 183 Å². The fraction of sp³-hybridized carbons (Fsp3) is 0.125. The monoisotopic (exact) mass is 432 g/mol. The number of aromatic carboxylic acids is 1. The van der Waals surface area contributed by atoms with Crippen LogP contribution in [0.1, 0.15) is 32.9 Å². The summed E-state index contributed by atoms with van der Waals surface area (Å²) < 4.78 is 1.97. The molecule has 0 atom stereocenters. The Hall–Kier alpha value is -3.58.